The van der Waals surface area contributed by atoms with Gasteiger partial charge in [0.05, 0.1) is 5.69 Å². The molecule has 1 aliphatic carbocycles. The number of amides is 1. The van der Waals surface area contributed by atoms with Gasteiger partial charge >= 0.3 is 6.01 Å². The Bertz CT molecular complexity index is 897. The van der Waals surface area contributed by atoms with Crippen LogP contribution in [-0.2, 0) is 12.8 Å². The van der Waals surface area contributed by atoms with E-state index in [9.17, 15) is 4.79 Å². The highest BCUT2D eigenvalue weighted by molar-refractivity contribution is 6.00. The summed E-state index contributed by atoms with van der Waals surface area (Å²) < 4.78 is 10.4. The summed E-state index contributed by atoms with van der Waals surface area (Å²) in [6.07, 6.45) is 4.64. The summed E-state index contributed by atoms with van der Waals surface area (Å²) in [5.41, 5.74) is 4.21. The third-order valence-corrected chi connectivity index (χ3v) is 4.09. The molecule has 1 aromatic carbocycles. The highest BCUT2D eigenvalue weighted by Gasteiger charge is 2.17. The van der Waals surface area contributed by atoms with E-state index in [0.29, 0.717) is 11.6 Å². The Labute approximate surface area is 138 Å². The van der Waals surface area contributed by atoms with Crippen LogP contribution in [0.15, 0.2) is 33.2 Å². The van der Waals surface area contributed by atoms with E-state index in [2.05, 4.69) is 32.8 Å². The first-order valence-electron chi connectivity index (χ1n) is 7.89. The average molecular weight is 324 g/mol. The van der Waals surface area contributed by atoms with Gasteiger partial charge in [-0.25, -0.2) is 0 Å². The van der Waals surface area contributed by atoms with Gasteiger partial charge in [-0.15, -0.1) is 5.10 Å². The van der Waals surface area contributed by atoms with Gasteiger partial charge in [-0.3, -0.25) is 10.1 Å². The Morgan fingerprint density at radius 1 is 1.12 bits per heavy atom. The summed E-state index contributed by atoms with van der Waals surface area (Å²) >= 11 is 0. The SMILES string of the molecule is Cc1cc(C(=O)Nc2nnc(-c3ccc4c(c3)CCCC4)o2)on1. The zero-order valence-corrected chi connectivity index (χ0v) is 13.2. The third-order valence-electron chi connectivity index (χ3n) is 4.09. The van der Waals surface area contributed by atoms with Crippen molar-refractivity contribution in [3.63, 3.8) is 0 Å². The van der Waals surface area contributed by atoms with Crippen molar-refractivity contribution in [3.05, 3.63) is 46.8 Å². The highest BCUT2D eigenvalue weighted by atomic mass is 16.5. The molecule has 3 aromatic rings. The zero-order chi connectivity index (χ0) is 16.5. The quantitative estimate of drug-likeness (QED) is 0.795. The van der Waals surface area contributed by atoms with Gasteiger partial charge in [-0.2, -0.15) is 0 Å². The van der Waals surface area contributed by atoms with E-state index in [0.717, 1.165) is 18.4 Å². The second-order valence-corrected chi connectivity index (χ2v) is 5.89. The van der Waals surface area contributed by atoms with E-state index in [-0.39, 0.29) is 11.8 Å². The van der Waals surface area contributed by atoms with Crippen molar-refractivity contribution in [2.45, 2.75) is 32.6 Å². The van der Waals surface area contributed by atoms with Crippen LogP contribution in [-0.4, -0.2) is 21.3 Å². The molecule has 24 heavy (non-hydrogen) atoms. The molecule has 0 saturated carbocycles. The molecule has 122 valence electrons. The second-order valence-electron chi connectivity index (χ2n) is 5.89. The average Bonchev–Trinajstić information content (AvgIpc) is 3.23. The Kier molecular flexibility index (Phi) is 3.60. The van der Waals surface area contributed by atoms with E-state index in [1.165, 1.54) is 30.0 Å². The number of carbonyl (C=O) groups excluding carboxylic acids is 1. The minimum atomic E-state index is -0.476. The van der Waals surface area contributed by atoms with Crippen molar-refractivity contribution in [2.24, 2.45) is 0 Å². The lowest BCUT2D eigenvalue weighted by atomic mass is 9.90. The van der Waals surface area contributed by atoms with E-state index in [1.807, 2.05) is 6.07 Å². The van der Waals surface area contributed by atoms with Crippen LogP contribution < -0.4 is 5.32 Å². The number of nitrogens with one attached hydrogen (secondary N) is 1. The first-order chi connectivity index (χ1) is 11.7. The molecule has 0 bridgehead atoms. The predicted octanol–water partition coefficient (Wildman–Crippen LogP) is 3.16. The summed E-state index contributed by atoms with van der Waals surface area (Å²) in [4.78, 5) is 12.0. The standard InChI is InChI=1S/C17H16N4O3/c1-10-8-14(24-21-10)15(22)18-17-20-19-16(23-17)13-7-6-11-4-2-3-5-12(11)9-13/h6-9H,2-5H2,1H3,(H,18,20,22). The van der Waals surface area contributed by atoms with Crippen LogP contribution in [0.1, 0.15) is 40.2 Å². The Morgan fingerprint density at radius 3 is 2.75 bits per heavy atom. The number of anilines is 1. The first-order valence-corrected chi connectivity index (χ1v) is 7.89. The van der Waals surface area contributed by atoms with Crippen molar-refractivity contribution in [3.8, 4) is 11.5 Å². The molecule has 2 heterocycles. The number of benzene rings is 1. The number of aryl methyl sites for hydroxylation is 3. The minimum absolute atomic E-state index is 0.0294. The van der Waals surface area contributed by atoms with Gasteiger partial charge in [-0.1, -0.05) is 16.3 Å². The van der Waals surface area contributed by atoms with Crippen LogP contribution in [0.3, 0.4) is 0 Å². The number of fused-ring (bicyclic) bond motifs is 1. The molecular formula is C17H16N4O3. The van der Waals surface area contributed by atoms with Crippen molar-refractivity contribution in [2.75, 3.05) is 5.32 Å². The minimum Gasteiger partial charge on any atom is -0.403 e. The Hall–Kier alpha value is -2.96. The zero-order valence-electron chi connectivity index (χ0n) is 13.2. The van der Waals surface area contributed by atoms with E-state index in [1.54, 1.807) is 6.92 Å². The normalized spacial score (nSPS) is 13.5. The van der Waals surface area contributed by atoms with Crippen molar-refractivity contribution in [1.82, 2.24) is 15.4 Å². The van der Waals surface area contributed by atoms with Crippen molar-refractivity contribution >= 4 is 11.9 Å². The molecule has 4 rings (SSSR count). The molecule has 7 heteroatoms. The fraction of sp³-hybridized carbons (Fsp3) is 0.294. The van der Waals surface area contributed by atoms with Gasteiger partial charge in [0.2, 0.25) is 11.7 Å². The second kappa shape index (κ2) is 5.92. The Balaban J connectivity index is 1.53. The van der Waals surface area contributed by atoms with Crippen LogP contribution in [0.5, 0.6) is 0 Å². The summed E-state index contributed by atoms with van der Waals surface area (Å²) in [5.74, 6) is 0.00435. The molecule has 2 aromatic heterocycles. The van der Waals surface area contributed by atoms with Gasteiger partial charge in [0.15, 0.2) is 0 Å². The van der Waals surface area contributed by atoms with Crippen LogP contribution in [0.4, 0.5) is 6.01 Å². The molecule has 1 aliphatic rings. The molecule has 0 atom stereocenters. The van der Waals surface area contributed by atoms with E-state index >= 15 is 0 Å². The van der Waals surface area contributed by atoms with Crippen LogP contribution in [0, 0.1) is 6.92 Å². The number of rotatable bonds is 3. The lowest BCUT2D eigenvalue weighted by molar-refractivity contribution is 0.0985. The Morgan fingerprint density at radius 2 is 1.96 bits per heavy atom. The maximum Gasteiger partial charge on any atom is 0.322 e. The van der Waals surface area contributed by atoms with Crippen LogP contribution >= 0.6 is 0 Å². The molecule has 0 radical (unpaired) electrons. The van der Waals surface area contributed by atoms with Gasteiger partial charge in [-0.05, 0) is 55.9 Å². The lowest BCUT2D eigenvalue weighted by Gasteiger charge is -2.15. The first kappa shape index (κ1) is 14.6. The molecule has 0 saturated heterocycles. The topological polar surface area (TPSA) is 94.1 Å². The molecule has 0 aliphatic heterocycles. The van der Waals surface area contributed by atoms with E-state index < -0.39 is 5.91 Å². The number of aromatic nitrogens is 3. The summed E-state index contributed by atoms with van der Waals surface area (Å²) in [6.45, 7) is 1.74. The number of hydrogen-bond donors (Lipinski definition) is 1. The summed E-state index contributed by atoms with van der Waals surface area (Å²) in [6, 6.07) is 7.75. The monoisotopic (exact) mass is 324 g/mol. The van der Waals surface area contributed by atoms with Crippen LogP contribution in [0.2, 0.25) is 0 Å². The number of hydrogen-bond acceptors (Lipinski definition) is 6. The smallest absolute Gasteiger partial charge is 0.322 e. The highest BCUT2D eigenvalue weighted by Crippen LogP contribution is 2.27. The predicted molar refractivity (Wildman–Crippen MR) is 85.6 cm³/mol. The lowest BCUT2D eigenvalue weighted by Crippen LogP contribution is -2.11. The van der Waals surface area contributed by atoms with Gasteiger partial charge in [0, 0.05) is 11.6 Å². The molecule has 7 nitrogen and oxygen atoms in total. The summed E-state index contributed by atoms with van der Waals surface area (Å²) in [7, 11) is 0. The largest absolute Gasteiger partial charge is 0.403 e. The maximum atomic E-state index is 12.0. The maximum absolute atomic E-state index is 12.0. The fourth-order valence-corrected chi connectivity index (χ4v) is 2.89. The van der Waals surface area contributed by atoms with Gasteiger partial charge < -0.3 is 8.94 Å². The van der Waals surface area contributed by atoms with Gasteiger partial charge in [0.1, 0.15) is 0 Å². The van der Waals surface area contributed by atoms with Gasteiger partial charge in [0.25, 0.3) is 5.91 Å². The fourth-order valence-electron chi connectivity index (χ4n) is 2.89. The number of nitrogens with zero attached hydrogens (tertiary/aromatic N) is 3. The molecule has 0 fully saturated rings. The third kappa shape index (κ3) is 2.80. The molecule has 0 unspecified atom stereocenters. The van der Waals surface area contributed by atoms with Crippen molar-refractivity contribution in [1.29, 1.82) is 0 Å². The van der Waals surface area contributed by atoms with E-state index in [4.69, 9.17) is 8.94 Å². The van der Waals surface area contributed by atoms with Crippen LogP contribution in [0.25, 0.3) is 11.5 Å². The number of carbonyl (C=O) groups is 1. The molecular weight excluding hydrogens is 308 g/mol. The molecule has 1 amide bonds. The summed E-state index contributed by atoms with van der Waals surface area (Å²) in [5, 5.41) is 14.1. The van der Waals surface area contributed by atoms with Crippen molar-refractivity contribution < 1.29 is 13.7 Å². The molecule has 1 N–H and O–H groups in total. The molecule has 0 spiro atoms.